The van der Waals surface area contributed by atoms with E-state index in [1.54, 1.807) is 6.20 Å². The Hall–Kier alpha value is -1.94. The highest BCUT2D eigenvalue weighted by Crippen LogP contribution is 2.25. The quantitative estimate of drug-likeness (QED) is 0.877. The lowest BCUT2D eigenvalue weighted by atomic mass is 10.1. The van der Waals surface area contributed by atoms with E-state index in [0.717, 1.165) is 16.9 Å². The number of nitrogens with two attached hydrogens (primary N) is 1. The van der Waals surface area contributed by atoms with Crippen LogP contribution in [0.3, 0.4) is 0 Å². The minimum absolute atomic E-state index is 0.385. The SMILES string of the molecule is Cc1ccc(Oc2nnccc2CN)c(C)c1. The molecule has 1 aromatic heterocycles. The Bertz CT molecular complexity index is 526. The molecule has 1 aromatic carbocycles. The molecular weight excluding hydrogens is 214 g/mol. The maximum atomic E-state index is 5.73. The molecule has 0 saturated heterocycles. The molecule has 1 heterocycles. The summed E-state index contributed by atoms with van der Waals surface area (Å²) in [5.41, 5.74) is 8.74. The fourth-order valence-corrected chi connectivity index (χ4v) is 1.60. The molecule has 0 saturated carbocycles. The van der Waals surface area contributed by atoms with Crippen LogP contribution in [0.15, 0.2) is 30.5 Å². The first-order chi connectivity index (χ1) is 8.20. The summed E-state index contributed by atoms with van der Waals surface area (Å²) in [5.74, 6) is 1.26. The Morgan fingerprint density at radius 2 is 2.06 bits per heavy atom. The Balaban J connectivity index is 2.31. The molecule has 0 aliphatic carbocycles. The predicted molar refractivity (Wildman–Crippen MR) is 65.9 cm³/mol. The van der Waals surface area contributed by atoms with Gasteiger partial charge in [0.15, 0.2) is 0 Å². The minimum Gasteiger partial charge on any atom is -0.437 e. The highest BCUT2D eigenvalue weighted by molar-refractivity contribution is 5.39. The first kappa shape index (κ1) is 11.5. The van der Waals surface area contributed by atoms with Gasteiger partial charge in [-0.05, 0) is 31.5 Å². The van der Waals surface area contributed by atoms with Crippen LogP contribution < -0.4 is 10.5 Å². The molecule has 0 unspecified atom stereocenters. The van der Waals surface area contributed by atoms with Gasteiger partial charge in [0.05, 0.1) is 6.20 Å². The van der Waals surface area contributed by atoms with Gasteiger partial charge in [0.2, 0.25) is 5.88 Å². The van der Waals surface area contributed by atoms with Crippen LogP contribution in [0.2, 0.25) is 0 Å². The zero-order valence-electron chi connectivity index (χ0n) is 9.97. The fourth-order valence-electron chi connectivity index (χ4n) is 1.60. The van der Waals surface area contributed by atoms with Crippen LogP contribution >= 0.6 is 0 Å². The molecule has 0 bridgehead atoms. The van der Waals surface area contributed by atoms with Crippen LogP contribution in [0.5, 0.6) is 11.6 Å². The van der Waals surface area contributed by atoms with Crippen molar-refractivity contribution in [2.45, 2.75) is 20.4 Å². The Morgan fingerprint density at radius 1 is 1.24 bits per heavy atom. The number of hydrogen-bond donors (Lipinski definition) is 1. The predicted octanol–water partition coefficient (Wildman–Crippen LogP) is 2.34. The van der Waals surface area contributed by atoms with Crippen LogP contribution in [-0.4, -0.2) is 10.2 Å². The molecule has 0 fully saturated rings. The molecule has 0 radical (unpaired) electrons. The monoisotopic (exact) mass is 229 g/mol. The van der Waals surface area contributed by atoms with Gasteiger partial charge in [-0.1, -0.05) is 17.7 Å². The number of hydrogen-bond acceptors (Lipinski definition) is 4. The maximum Gasteiger partial charge on any atom is 0.243 e. The second-order valence-corrected chi connectivity index (χ2v) is 3.94. The van der Waals surface area contributed by atoms with Gasteiger partial charge in [-0.3, -0.25) is 0 Å². The lowest BCUT2D eigenvalue weighted by Gasteiger charge is -2.10. The summed E-state index contributed by atoms with van der Waals surface area (Å²) >= 11 is 0. The van der Waals surface area contributed by atoms with Crippen molar-refractivity contribution in [1.29, 1.82) is 0 Å². The number of aryl methyl sites for hydroxylation is 2. The number of ether oxygens (including phenoxy) is 1. The molecule has 0 aliphatic heterocycles. The first-order valence-electron chi connectivity index (χ1n) is 5.46. The Morgan fingerprint density at radius 3 is 2.76 bits per heavy atom. The Kier molecular flexibility index (Phi) is 3.35. The van der Waals surface area contributed by atoms with Crippen molar-refractivity contribution in [1.82, 2.24) is 10.2 Å². The van der Waals surface area contributed by atoms with Gasteiger partial charge >= 0.3 is 0 Å². The van der Waals surface area contributed by atoms with Crippen molar-refractivity contribution in [3.63, 3.8) is 0 Å². The zero-order chi connectivity index (χ0) is 12.3. The lowest BCUT2D eigenvalue weighted by molar-refractivity contribution is 0.445. The standard InChI is InChI=1S/C13H15N3O/c1-9-3-4-12(10(2)7-9)17-13-11(8-14)5-6-15-16-13/h3-7H,8,14H2,1-2H3. The second-order valence-electron chi connectivity index (χ2n) is 3.94. The molecule has 17 heavy (non-hydrogen) atoms. The number of nitrogens with zero attached hydrogens (tertiary/aromatic N) is 2. The van der Waals surface area contributed by atoms with Crippen LogP contribution in [0, 0.1) is 13.8 Å². The summed E-state index contributed by atoms with van der Waals surface area (Å²) in [7, 11) is 0. The number of rotatable bonds is 3. The largest absolute Gasteiger partial charge is 0.437 e. The summed E-state index contributed by atoms with van der Waals surface area (Å²) < 4.78 is 5.73. The molecule has 88 valence electrons. The second kappa shape index (κ2) is 4.93. The van der Waals surface area contributed by atoms with Crippen LogP contribution in [0.1, 0.15) is 16.7 Å². The van der Waals surface area contributed by atoms with Gasteiger partial charge < -0.3 is 10.5 Å². The van der Waals surface area contributed by atoms with Crippen molar-refractivity contribution < 1.29 is 4.74 Å². The van der Waals surface area contributed by atoms with E-state index in [4.69, 9.17) is 10.5 Å². The summed E-state index contributed by atoms with van der Waals surface area (Å²) in [6.07, 6.45) is 1.61. The average Bonchev–Trinajstić information content (AvgIpc) is 2.33. The average molecular weight is 229 g/mol. The molecular formula is C13H15N3O. The van der Waals surface area contributed by atoms with Crippen molar-refractivity contribution in [2.75, 3.05) is 0 Å². The molecule has 4 heteroatoms. The van der Waals surface area contributed by atoms with Gasteiger partial charge in [-0.15, -0.1) is 5.10 Å². The normalized spacial score (nSPS) is 10.3. The first-order valence-corrected chi connectivity index (χ1v) is 5.46. The van der Waals surface area contributed by atoms with E-state index in [1.807, 2.05) is 32.0 Å². The molecule has 2 rings (SSSR count). The van der Waals surface area contributed by atoms with Gasteiger partial charge in [-0.2, -0.15) is 5.10 Å². The molecule has 0 atom stereocenters. The summed E-state index contributed by atoms with van der Waals surface area (Å²) in [4.78, 5) is 0. The van der Waals surface area contributed by atoms with E-state index in [2.05, 4.69) is 16.3 Å². The fraction of sp³-hybridized carbons (Fsp3) is 0.231. The van der Waals surface area contributed by atoms with Crippen molar-refractivity contribution in [2.24, 2.45) is 5.73 Å². The Labute approximate surface area is 100 Å². The third-order valence-corrected chi connectivity index (χ3v) is 2.52. The molecule has 0 aliphatic rings. The van der Waals surface area contributed by atoms with Crippen LogP contribution in [0.4, 0.5) is 0 Å². The summed E-state index contributed by atoms with van der Waals surface area (Å²) in [6.45, 7) is 4.43. The van der Waals surface area contributed by atoms with Gasteiger partial charge in [0.1, 0.15) is 5.75 Å². The lowest BCUT2D eigenvalue weighted by Crippen LogP contribution is -2.02. The highest BCUT2D eigenvalue weighted by atomic mass is 16.5. The van der Waals surface area contributed by atoms with Crippen molar-refractivity contribution in [3.8, 4) is 11.6 Å². The van der Waals surface area contributed by atoms with Crippen LogP contribution in [0.25, 0.3) is 0 Å². The van der Waals surface area contributed by atoms with E-state index in [1.165, 1.54) is 5.56 Å². The third-order valence-electron chi connectivity index (χ3n) is 2.52. The molecule has 2 aromatic rings. The molecule has 4 nitrogen and oxygen atoms in total. The third kappa shape index (κ3) is 2.60. The number of aromatic nitrogens is 2. The summed E-state index contributed by atoms with van der Waals surface area (Å²) in [5, 5.41) is 7.76. The molecule has 2 N–H and O–H groups in total. The maximum absolute atomic E-state index is 5.73. The van der Waals surface area contributed by atoms with E-state index >= 15 is 0 Å². The van der Waals surface area contributed by atoms with Crippen molar-refractivity contribution in [3.05, 3.63) is 47.2 Å². The molecule has 0 spiro atoms. The van der Waals surface area contributed by atoms with E-state index in [9.17, 15) is 0 Å². The highest BCUT2D eigenvalue weighted by Gasteiger charge is 2.07. The van der Waals surface area contributed by atoms with E-state index in [-0.39, 0.29) is 0 Å². The van der Waals surface area contributed by atoms with Gasteiger partial charge in [0.25, 0.3) is 0 Å². The summed E-state index contributed by atoms with van der Waals surface area (Å²) in [6, 6.07) is 7.81. The van der Waals surface area contributed by atoms with Crippen molar-refractivity contribution >= 4 is 0 Å². The van der Waals surface area contributed by atoms with E-state index in [0.29, 0.717) is 12.4 Å². The zero-order valence-corrected chi connectivity index (χ0v) is 9.97. The molecule has 0 amide bonds. The number of benzene rings is 1. The van der Waals surface area contributed by atoms with Crippen LogP contribution in [-0.2, 0) is 6.54 Å². The smallest absolute Gasteiger partial charge is 0.243 e. The topological polar surface area (TPSA) is 61.0 Å². The minimum atomic E-state index is 0.385. The van der Waals surface area contributed by atoms with Gasteiger partial charge in [0, 0.05) is 12.1 Å². The van der Waals surface area contributed by atoms with Gasteiger partial charge in [-0.25, -0.2) is 0 Å². The van der Waals surface area contributed by atoms with E-state index < -0.39 is 0 Å².